The molecule has 0 amide bonds. The molecular weight excluding hydrogens is 129 g/mol. The van der Waals surface area contributed by atoms with Crippen molar-refractivity contribution in [1.82, 2.24) is 0 Å². The van der Waals surface area contributed by atoms with E-state index in [2.05, 4.69) is 0 Å². The molecule has 0 fully saturated rings. The number of halogens is 1. The third-order valence-corrected chi connectivity index (χ3v) is 1.52. The molecule has 0 bridgehead atoms. The third-order valence-electron chi connectivity index (χ3n) is 1.52. The number of hydrogen-bond acceptors (Lipinski definition) is 1. The van der Waals surface area contributed by atoms with Gasteiger partial charge < -0.3 is 5.73 Å². The van der Waals surface area contributed by atoms with E-state index in [1.165, 1.54) is 0 Å². The monoisotopic (exact) mass is 139 g/mol. The third kappa shape index (κ3) is 1.26. The van der Waals surface area contributed by atoms with Gasteiger partial charge in [-0.25, -0.2) is 4.39 Å². The lowest BCUT2D eigenvalue weighted by Gasteiger charge is -2.00. The summed E-state index contributed by atoms with van der Waals surface area (Å²) in [5.74, 6) is 0. The van der Waals surface area contributed by atoms with Gasteiger partial charge in [0.25, 0.3) is 0 Å². The Morgan fingerprint density at radius 3 is 2.70 bits per heavy atom. The minimum absolute atomic E-state index is 0.434. The number of nitrogen functional groups attached to an aromatic ring is 1. The van der Waals surface area contributed by atoms with Crippen molar-refractivity contribution in [3.63, 3.8) is 0 Å². The maximum absolute atomic E-state index is 12.1. The van der Waals surface area contributed by atoms with Crippen molar-refractivity contribution >= 4 is 5.69 Å². The number of anilines is 1. The number of aryl methyl sites for hydroxylation is 1. The molecular formula is C8H10FN. The Hall–Kier alpha value is -1.05. The molecule has 0 spiro atoms. The van der Waals surface area contributed by atoms with E-state index in [-0.39, 0.29) is 0 Å². The highest BCUT2D eigenvalue weighted by Gasteiger charge is 1.95. The van der Waals surface area contributed by atoms with E-state index < -0.39 is 6.67 Å². The molecule has 0 saturated heterocycles. The van der Waals surface area contributed by atoms with Crippen LogP contribution in [0.25, 0.3) is 0 Å². The highest BCUT2D eigenvalue weighted by atomic mass is 19.1. The molecule has 0 atom stereocenters. The number of alkyl halides is 1. The number of rotatable bonds is 1. The Kier molecular flexibility index (Phi) is 1.90. The van der Waals surface area contributed by atoms with Gasteiger partial charge >= 0.3 is 0 Å². The van der Waals surface area contributed by atoms with Crippen LogP contribution in [0.5, 0.6) is 0 Å². The summed E-state index contributed by atoms with van der Waals surface area (Å²) in [4.78, 5) is 0. The summed E-state index contributed by atoms with van der Waals surface area (Å²) in [5.41, 5.74) is 7.70. The van der Waals surface area contributed by atoms with E-state index >= 15 is 0 Å². The molecule has 0 radical (unpaired) electrons. The SMILES string of the molecule is Cc1ccc(N)cc1CF. The Morgan fingerprint density at radius 1 is 1.50 bits per heavy atom. The number of nitrogens with two attached hydrogens (primary N) is 1. The topological polar surface area (TPSA) is 26.0 Å². The summed E-state index contributed by atoms with van der Waals surface area (Å²) >= 11 is 0. The van der Waals surface area contributed by atoms with Gasteiger partial charge in [0.05, 0.1) is 0 Å². The second-order valence-corrected chi connectivity index (χ2v) is 2.32. The molecule has 0 aliphatic heterocycles. The van der Waals surface area contributed by atoms with Crippen molar-refractivity contribution < 1.29 is 4.39 Å². The lowest BCUT2D eigenvalue weighted by molar-refractivity contribution is 0.484. The highest BCUT2D eigenvalue weighted by molar-refractivity contribution is 5.43. The Balaban J connectivity index is 3.09. The zero-order valence-electron chi connectivity index (χ0n) is 5.89. The fraction of sp³-hybridized carbons (Fsp3) is 0.250. The zero-order valence-corrected chi connectivity index (χ0v) is 5.89. The molecule has 0 aliphatic rings. The zero-order chi connectivity index (χ0) is 7.56. The summed E-state index contributed by atoms with van der Waals surface area (Å²) in [6.45, 7) is 1.44. The Morgan fingerprint density at radius 2 is 2.20 bits per heavy atom. The summed E-state index contributed by atoms with van der Waals surface area (Å²) in [5, 5.41) is 0. The normalized spacial score (nSPS) is 9.80. The van der Waals surface area contributed by atoms with Crippen LogP contribution in [-0.4, -0.2) is 0 Å². The van der Waals surface area contributed by atoms with E-state index in [4.69, 9.17) is 5.73 Å². The largest absolute Gasteiger partial charge is 0.399 e. The van der Waals surface area contributed by atoms with Crippen molar-refractivity contribution in [2.24, 2.45) is 0 Å². The average Bonchev–Trinajstić information content (AvgIpc) is 1.94. The Bertz CT molecular complexity index is 233. The first kappa shape index (κ1) is 7.06. The van der Waals surface area contributed by atoms with Gasteiger partial charge in [-0.2, -0.15) is 0 Å². The predicted octanol–water partition coefficient (Wildman–Crippen LogP) is 2.05. The summed E-state index contributed by atoms with van der Waals surface area (Å²) in [7, 11) is 0. The molecule has 0 saturated carbocycles. The molecule has 0 aliphatic carbocycles. The van der Waals surface area contributed by atoms with E-state index in [9.17, 15) is 4.39 Å². The van der Waals surface area contributed by atoms with Crippen LogP contribution in [0, 0.1) is 6.92 Å². The second-order valence-electron chi connectivity index (χ2n) is 2.32. The molecule has 10 heavy (non-hydrogen) atoms. The van der Waals surface area contributed by atoms with Gasteiger partial charge in [-0.1, -0.05) is 6.07 Å². The van der Waals surface area contributed by atoms with Crippen LogP contribution in [0.3, 0.4) is 0 Å². The van der Waals surface area contributed by atoms with Gasteiger partial charge in [0.2, 0.25) is 0 Å². The molecule has 2 heteroatoms. The van der Waals surface area contributed by atoms with Crippen molar-refractivity contribution in [2.45, 2.75) is 13.6 Å². The lowest BCUT2D eigenvalue weighted by Crippen LogP contribution is -1.89. The van der Waals surface area contributed by atoms with Crippen LogP contribution in [-0.2, 0) is 6.67 Å². The smallest absolute Gasteiger partial charge is 0.115 e. The van der Waals surface area contributed by atoms with Crippen LogP contribution < -0.4 is 5.73 Å². The van der Waals surface area contributed by atoms with Crippen LogP contribution in [0.1, 0.15) is 11.1 Å². The van der Waals surface area contributed by atoms with Crippen molar-refractivity contribution in [1.29, 1.82) is 0 Å². The van der Waals surface area contributed by atoms with Gasteiger partial charge in [0.1, 0.15) is 6.67 Å². The van der Waals surface area contributed by atoms with Crippen LogP contribution in [0.15, 0.2) is 18.2 Å². The molecule has 0 aromatic heterocycles. The first-order chi connectivity index (χ1) is 4.74. The van der Waals surface area contributed by atoms with E-state index in [0.29, 0.717) is 11.3 Å². The van der Waals surface area contributed by atoms with Crippen LogP contribution in [0.4, 0.5) is 10.1 Å². The quantitative estimate of drug-likeness (QED) is 0.592. The minimum Gasteiger partial charge on any atom is -0.399 e. The molecule has 1 aromatic rings. The van der Waals surface area contributed by atoms with Gasteiger partial charge in [0.15, 0.2) is 0 Å². The molecule has 2 N–H and O–H groups in total. The average molecular weight is 139 g/mol. The highest BCUT2D eigenvalue weighted by Crippen LogP contribution is 2.12. The van der Waals surface area contributed by atoms with Crippen LogP contribution >= 0.6 is 0 Å². The second kappa shape index (κ2) is 2.69. The Labute approximate surface area is 59.7 Å². The standard InChI is InChI=1S/C8H10FN/c1-6-2-3-8(10)4-7(6)5-9/h2-4H,5,10H2,1H3. The molecule has 0 heterocycles. The molecule has 54 valence electrons. The van der Waals surface area contributed by atoms with E-state index in [1.54, 1.807) is 12.1 Å². The maximum atomic E-state index is 12.1. The van der Waals surface area contributed by atoms with E-state index in [0.717, 1.165) is 5.56 Å². The van der Waals surface area contributed by atoms with Crippen LogP contribution in [0.2, 0.25) is 0 Å². The first-order valence-corrected chi connectivity index (χ1v) is 3.15. The molecule has 1 rings (SSSR count). The summed E-state index contributed by atoms with van der Waals surface area (Å²) in [6, 6.07) is 5.26. The molecule has 1 aromatic carbocycles. The maximum Gasteiger partial charge on any atom is 0.115 e. The van der Waals surface area contributed by atoms with Gasteiger partial charge in [0, 0.05) is 5.69 Å². The summed E-state index contributed by atoms with van der Waals surface area (Å²) < 4.78 is 12.1. The number of hydrogen-bond donors (Lipinski definition) is 1. The van der Waals surface area contributed by atoms with Gasteiger partial charge in [-0.3, -0.25) is 0 Å². The van der Waals surface area contributed by atoms with Crippen molar-refractivity contribution in [3.8, 4) is 0 Å². The fourth-order valence-electron chi connectivity index (χ4n) is 0.835. The van der Waals surface area contributed by atoms with Crippen molar-refractivity contribution in [3.05, 3.63) is 29.3 Å². The van der Waals surface area contributed by atoms with Crippen molar-refractivity contribution in [2.75, 3.05) is 5.73 Å². The molecule has 0 unspecified atom stereocenters. The van der Waals surface area contributed by atoms with Gasteiger partial charge in [-0.05, 0) is 30.2 Å². The molecule has 1 nitrogen and oxygen atoms in total. The fourth-order valence-corrected chi connectivity index (χ4v) is 0.835. The minimum atomic E-state index is -0.434. The predicted molar refractivity (Wildman–Crippen MR) is 40.4 cm³/mol. The lowest BCUT2D eigenvalue weighted by atomic mass is 10.1. The van der Waals surface area contributed by atoms with E-state index in [1.807, 2.05) is 13.0 Å². The summed E-state index contributed by atoms with van der Waals surface area (Å²) in [6.07, 6.45) is 0. The first-order valence-electron chi connectivity index (χ1n) is 3.15. The number of benzene rings is 1. The van der Waals surface area contributed by atoms with Gasteiger partial charge in [-0.15, -0.1) is 0 Å².